The first-order valence-electron chi connectivity index (χ1n) is 9.77. The Hall–Kier alpha value is -1.92. The van der Waals surface area contributed by atoms with E-state index >= 15 is 0 Å². The van der Waals surface area contributed by atoms with E-state index in [1.807, 2.05) is 6.07 Å². The van der Waals surface area contributed by atoms with E-state index in [4.69, 9.17) is 4.74 Å². The highest BCUT2D eigenvalue weighted by atomic mass is 32.1. The van der Waals surface area contributed by atoms with E-state index < -0.39 is 0 Å². The minimum atomic E-state index is 0.465. The van der Waals surface area contributed by atoms with Crippen LogP contribution in [0.5, 0.6) is 0 Å². The summed E-state index contributed by atoms with van der Waals surface area (Å²) in [6, 6.07) is 10.4. The minimum Gasteiger partial charge on any atom is -0.381 e. The molecule has 0 aliphatic carbocycles. The maximum absolute atomic E-state index is 5.73. The van der Waals surface area contributed by atoms with E-state index in [2.05, 4.69) is 71.0 Å². The van der Waals surface area contributed by atoms with Crippen molar-refractivity contribution in [2.24, 2.45) is 4.99 Å². The average Bonchev–Trinajstić information content (AvgIpc) is 3.15. The summed E-state index contributed by atoms with van der Waals surface area (Å²) in [4.78, 5) is 9.26. The summed E-state index contributed by atoms with van der Waals surface area (Å²) in [5, 5.41) is 9.83. The first kappa shape index (κ1) is 21.4. The van der Waals surface area contributed by atoms with Crippen LogP contribution < -0.4 is 10.6 Å². The van der Waals surface area contributed by atoms with Crippen LogP contribution >= 0.6 is 11.3 Å². The third kappa shape index (κ3) is 8.54. The SMILES string of the molecule is CCNC(=NCc1nc(C(C)C)cs1)NCCCOCCc1ccccc1. The van der Waals surface area contributed by atoms with Crippen LogP contribution in [0, 0.1) is 0 Å². The molecule has 2 aromatic rings. The number of aromatic nitrogens is 1. The van der Waals surface area contributed by atoms with E-state index in [-0.39, 0.29) is 0 Å². The van der Waals surface area contributed by atoms with Crippen LogP contribution in [0.15, 0.2) is 40.7 Å². The van der Waals surface area contributed by atoms with Crippen LogP contribution in [0.1, 0.15) is 49.4 Å². The number of thiazole rings is 1. The van der Waals surface area contributed by atoms with E-state index in [1.165, 1.54) is 5.56 Å². The molecule has 5 nitrogen and oxygen atoms in total. The molecule has 0 spiro atoms. The van der Waals surface area contributed by atoms with E-state index in [9.17, 15) is 0 Å². The molecule has 1 aromatic carbocycles. The van der Waals surface area contributed by atoms with Crippen molar-refractivity contribution in [1.82, 2.24) is 15.6 Å². The lowest BCUT2D eigenvalue weighted by molar-refractivity contribution is 0.135. The van der Waals surface area contributed by atoms with Crippen LogP contribution in [-0.2, 0) is 17.7 Å². The standard InChI is InChI=1S/C21H32N4OS/c1-4-22-21(24-15-20-25-19(16-27-20)17(2)3)23-12-8-13-26-14-11-18-9-6-5-7-10-18/h5-7,9-10,16-17H,4,8,11-15H2,1-3H3,(H2,22,23,24). The molecule has 0 aliphatic rings. The predicted molar refractivity (Wildman–Crippen MR) is 115 cm³/mol. The smallest absolute Gasteiger partial charge is 0.191 e. The summed E-state index contributed by atoms with van der Waals surface area (Å²) in [6.45, 7) is 10.2. The summed E-state index contributed by atoms with van der Waals surface area (Å²) in [5.74, 6) is 1.30. The van der Waals surface area contributed by atoms with Gasteiger partial charge in [-0.1, -0.05) is 44.2 Å². The molecule has 1 aromatic heterocycles. The Morgan fingerprint density at radius 3 is 2.70 bits per heavy atom. The number of ether oxygens (including phenoxy) is 1. The molecule has 27 heavy (non-hydrogen) atoms. The summed E-state index contributed by atoms with van der Waals surface area (Å²) in [5.41, 5.74) is 2.47. The Morgan fingerprint density at radius 1 is 1.19 bits per heavy atom. The van der Waals surface area contributed by atoms with Gasteiger partial charge in [-0.3, -0.25) is 0 Å². The third-order valence-corrected chi connectivity index (χ3v) is 4.87. The fraction of sp³-hybridized carbons (Fsp3) is 0.524. The number of nitrogens with one attached hydrogen (secondary N) is 2. The Bertz CT molecular complexity index is 670. The second-order valence-electron chi connectivity index (χ2n) is 6.64. The zero-order valence-electron chi connectivity index (χ0n) is 16.7. The number of nitrogens with zero attached hydrogens (tertiary/aromatic N) is 2. The Labute approximate surface area is 167 Å². The van der Waals surface area contributed by atoms with Crippen molar-refractivity contribution in [3.8, 4) is 0 Å². The lowest BCUT2D eigenvalue weighted by atomic mass is 10.2. The molecule has 0 amide bonds. The molecule has 148 valence electrons. The topological polar surface area (TPSA) is 58.5 Å². The van der Waals surface area contributed by atoms with Crippen molar-refractivity contribution in [2.75, 3.05) is 26.3 Å². The molecule has 0 aliphatic heterocycles. The van der Waals surface area contributed by atoms with Crippen LogP contribution in [-0.4, -0.2) is 37.2 Å². The largest absolute Gasteiger partial charge is 0.381 e. The molecule has 0 unspecified atom stereocenters. The van der Waals surface area contributed by atoms with Gasteiger partial charge in [0.1, 0.15) is 5.01 Å². The molecule has 0 saturated heterocycles. The zero-order valence-corrected chi connectivity index (χ0v) is 17.5. The van der Waals surface area contributed by atoms with Crippen molar-refractivity contribution in [1.29, 1.82) is 0 Å². The van der Waals surface area contributed by atoms with Crippen LogP contribution in [0.3, 0.4) is 0 Å². The molecule has 0 saturated carbocycles. The molecule has 2 rings (SSSR count). The second-order valence-corrected chi connectivity index (χ2v) is 7.59. The number of aliphatic imine (C=N–C) groups is 1. The van der Waals surface area contributed by atoms with Crippen molar-refractivity contribution >= 4 is 17.3 Å². The van der Waals surface area contributed by atoms with Gasteiger partial charge in [-0.05, 0) is 31.2 Å². The van der Waals surface area contributed by atoms with Gasteiger partial charge in [-0.25, -0.2) is 9.98 Å². The van der Waals surface area contributed by atoms with Crippen LogP contribution in [0.2, 0.25) is 0 Å². The number of rotatable bonds is 11. The summed E-state index contributed by atoms with van der Waals surface area (Å²) in [7, 11) is 0. The average molecular weight is 389 g/mol. The lowest BCUT2D eigenvalue weighted by Crippen LogP contribution is -2.38. The van der Waals surface area contributed by atoms with Crippen molar-refractivity contribution in [2.45, 2.75) is 46.1 Å². The number of benzene rings is 1. The molecule has 6 heteroatoms. The number of hydrogen-bond acceptors (Lipinski definition) is 4. The lowest BCUT2D eigenvalue weighted by Gasteiger charge is -2.11. The Kier molecular flexibility index (Phi) is 9.87. The minimum absolute atomic E-state index is 0.465. The number of guanidine groups is 1. The molecular formula is C21H32N4OS. The van der Waals surface area contributed by atoms with Gasteiger partial charge in [0, 0.05) is 25.1 Å². The zero-order chi connectivity index (χ0) is 19.3. The van der Waals surface area contributed by atoms with Gasteiger partial charge < -0.3 is 15.4 Å². The summed E-state index contributed by atoms with van der Waals surface area (Å²) < 4.78 is 5.73. The predicted octanol–water partition coefficient (Wildman–Crippen LogP) is 3.97. The molecule has 1 heterocycles. The van der Waals surface area contributed by atoms with Crippen LogP contribution in [0.25, 0.3) is 0 Å². The maximum Gasteiger partial charge on any atom is 0.191 e. The maximum atomic E-state index is 5.73. The second kappa shape index (κ2) is 12.5. The van der Waals surface area contributed by atoms with Gasteiger partial charge in [0.05, 0.1) is 18.8 Å². The monoisotopic (exact) mass is 388 g/mol. The molecule has 0 radical (unpaired) electrons. The highest BCUT2D eigenvalue weighted by Crippen LogP contribution is 2.18. The van der Waals surface area contributed by atoms with Gasteiger partial charge in [0.25, 0.3) is 0 Å². The van der Waals surface area contributed by atoms with Gasteiger partial charge in [0.2, 0.25) is 0 Å². The van der Waals surface area contributed by atoms with Crippen molar-refractivity contribution < 1.29 is 4.74 Å². The first-order valence-corrected chi connectivity index (χ1v) is 10.6. The fourth-order valence-corrected chi connectivity index (χ4v) is 3.35. The molecule has 0 atom stereocenters. The Morgan fingerprint density at radius 2 is 2.00 bits per heavy atom. The van der Waals surface area contributed by atoms with Crippen molar-refractivity contribution in [3.63, 3.8) is 0 Å². The van der Waals surface area contributed by atoms with Gasteiger partial charge in [-0.15, -0.1) is 11.3 Å². The molecule has 2 N–H and O–H groups in total. The normalized spacial score (nSPS) is 11.8. The first-order chi connectivity index (χ1) is 13.2. The molecule has 0 fully saturated rings. The molecule has 0 bridgehead atoms. The van der Waals surface area contributed by atoms with E-state index in [1.54, 1.807) is 11.3 Å². The molecular weight excluding hydrogens is 356 g/mol. The van der Waals surface area contributed by atoms with Gasteiger partial charge in [-0.2, -0.15) is 0 Å². The summed E-state index contributed by atoms with van der Waals surface area (Å²) >= 11 is 1.68. The fourth-order valence-electron chi connectivity index (χ4n) is 2.47. The number of hydrogen-bond donors (Lipinski definition) is 2. The summed E-state index contributed by atoms with van der Waals surface area (Å²) in [6.07, 6.45) is 1.92. The van der Waals surface area contributed by atoms with E-state index in [0.717, 1.165) is 55.8 Å². The highest BCUT2D eigenvalue weighted by Gasteiger charge is 2.05. The Balaban J connectivity index is 1.63. The quantitative estimate of drug-likeness (QED) is 0.347. The van der Waals surface area contributed by atoms with Gasteiger partial charge >= 0.3 is 0 Å². The third-order valence-electron chi connectivity index (χ3n) is 4.01. The van der Waals surface area contributed by atoms with E-state index in [0.29, 0.717) is 12.5 Å². The highest BCUT2D eigenvalue weighted by molar-refractivity contribution is 7.09. The van der Waals surface area contributed by atoms with Gasteiger partial charge in [0.15, 0.2) is 5.96 Å². The van der Waals surface area contributed by atoms with Crippen molar-refractivity contribution in [3.05, 3.63) is 52.0 Å². The van der Waals surface area contributed by atoms with Crippen LogP contribution in [0.4, 0.5) is 0 Å².